The van der Waals surface area contributed by atoms with Gasteiger partial charge in [0.2, 0.25) is 0 Å². The van der Waals surface area contributed by atoms with Crippen molar-refractivity contribution in [3.05, 3.63) is 33.1 Å². The number of aromatic amines is 1. The van der Waals surface area contributed by atoms with Crippen LogP contribution in [-0.4, -0.2) is 71.0 Å². The molecule has 2 unspecified atom stereocenters. The highest BCUT2D eigenvalue weighted by Gasteiger charge is 2.45. The van der Waals surface area contributed by atoms with Crippen LogP contribution in [0.3, 0.4) is 0 Å². The maximum Gasteiger partial charge on any atom is 0.330 e. The number of hydrogen-bond acceptors (Lipinski definition) is 6. The second-order valence-corrected chi connectivity index (χ2v) is 7.22. The zero-order valence-electron chi connectivity index (χ0n) is 14.2. The number of ether oxygens (including phenoxy) is 3. The smallest absolute Gasteiger partial charge is 0.330 e. The molecular formula is C16H24IN3O5. The van der Waals surface area contributed by atoms with E-state index in [9.17, 15) is 9.59 Å². The third-order valence-corrected chi connectivity index (χ3v) is 5.92. The van der Waals surface area contributed by atoms with Crippen molar-refractivity contribution < 1.29 is 14.2 Å². The van der Waals surface area contributed by atoms with Gasteiger partial charge in [-0.05, 0) is 6.42 Å². The molecular weight excluding hydrogens is 441 g/mol. The molecule has 0 aromatic carbocycles. The molecule has 2 aliphatic rings. The van der Waals surface area contributed by atoms with Crippen LogP contribution in [0.1, 0.15) is 12.6 Å². The lowest BCUT2D eigenvalue weighted by atomic mass is 9.97. The number of hydrogen-bond donors (Lipinski definition) is 1. The van der Waals surface area contributed by atoms with E-state index in [-0.39, 0.29) is 18.1 Å². The summed E-state index contributed by atoms with van der Waals surface area (Å²) in [5.41, 5.74) is -0.886. The first-order valence-corrected chi connectivity index (χ1v) is 10.0. The van der Waals surface area contributed by atoms with Crippen LogP contribution in [0, 0.1) is 5.92 Å². The molecule has 3 rings (SSSR count). The van der Waals surface area contributed by atoms with Crippen LogP contribution in [0.2, 0.25) is 0 Å². The number of morpholine rings is 1. The number of H-pyrrole nitrogens is 1. The van der Waals surface area contributed by atoms with Gasteiger partial charge in [0, 0.05) is 49.4 Å². The highest BCUT2D eigenvalue weighted by Crippen LogP contribution is 2.37. The summed E-state index contributed by atoms with van der Waals surface area (Å²) in [7, 11) is 1.64. The lowest BCUT2D eigenvalue weighted by Gasteiger charge is -2.28. The Morgan fingerprint density at radius 1 is 1.36 bits per heavy atom. The highest BCUT2D eigenvalue weighted by atomic mass is 127. The maximum atomic E-state index is 12.1. The molecule has 8 nitrogen and oxygen atoms in total. The zero-order chi connectivity index (χ0) is 17.8. The SMILES string of the molecule is COC1C(CI)[C@@H](CCN2CCOCC2)O[C@H]1n1ccc(=O)[nH]c1=O. The third kappa shape index (κ3) is 4.33. The fraction of sp³-hybridized carbons (Fsp3) is 0.750. The monoisotopic (exact) mass is 465 g/mol. The van der Waals surface area contributed by atoms with Crippen molar-refractivity contribution in [3.63, 3.8) is 0 Å². The summed E-state index contributed by atoms with van der Waals surface area (Å²) in [6.45, 7) is 4.37. The van der Waals surface area contributed by atoms with Crippen molar-refractivity contribution in [1.29, 1.82) is 0 Å². The number of rotatable bonds is 6. The molecule has 1 aromatic rings. The van der Waals surface area contributed by atoms with Gasteiger partial charge in [0.1, 0.15) is 6.10 Å². The molecule has 0 bridgehead atoms. The van der Waals surface area contributed by atoms with Crippen molar-refractivity contribution in [2.75, 3.05) is 44.4 Å². The van der Waals surface area contributed by atoms with Crippen LogP contribution >= 0.6 is 22.6 Å². The van der Waals surface area contributed by atoms with Gasteiger partial charge in [0.15, 0.2) is 6.23 Å². The maximum absolute atomic E-state index is 12.1. The lowest BCUT2D eigenvalue weighted by molar-refractivity contribution is -0.0566. The Morgan fingerprint density at radius 3 is 2.76 bits per heavy atom. The summed E-state index contributed by atoms with van der Waals surface area (Å²) < 4.78 is 19.6. The van der Waals surface area contributed by atoms with Crippen LogP contribution in [0.25, 0.3) is 0 Å². The van der Waals surface area contributed by atoms with E-state index in [1.54, 1.807) is 7.11 Å². The highest BCUT2D eigenvalue weighted by molar-refractivity contribution is 14.1. The van der Waals surface area contributed by atoms with E-state index in [0.29, 0.717) is 0 Å². The molecule has 3 heterocycles. The fourth-order valence-corrected chi connectivity index (χ4v) is 4.60. The zero-order valence-corrected chi connectivity index (χ0v) is 16.4. The van der Waals surface area contributed by atoms with Crippen LogP contribution in [0.5, 0.6) is 0 Å². The summed E-state index contributed by atoms with van der Waals surface area (Å²) in [6.07, 6.45) is 1.61. The van der Waals surface area contributed by atoms with E-state index in [2.05, 4.69) is 32.5 Å². The van der Waals surface area contributed by atoms with Crippen molar-refractivity contribution >= 4 is 22.6 Å². The van der Waals surface area contributed by atoms with E-state index < -0.39 is 17.5 Å². The lowest BCUT2D eigenvalue weighted by Crippen LogP contribution is -2.39. The quantitative estimate of drug-likeness (QED) is 0.478. The minimum absolute atomic E-state index is 0.00789. The van der Waals surface area contributed by atoms with Crippen LogP contribution in [0.4, 0.5) is 0 Å². The van der Waals surface area contributed by atoms with E-state index >= 15 is 0 Å². The second kappa shape index (κ2) is 8.76. The number of nitrogens with one attached hydrogen (secondary N) is 1. The molecule has 4 atom stereocenters. The summed E-state index contributed by atoms with van der Waals surface area (Å²) in [6, 6.07) is 1.33. The molecule has 0 saturated carbocycles. The van der Waals surface area contributed by atoms with Gasteiger partial charge in [-0.25, -0.2) is 4.79 Å². The molecule has 9 heteroatoms. The number of methoxy groups -OCH3 is 1. The van der Waals surface area contributed by atoms with E-state index in [4.69, 9.17) is 14.2 Å². The molecule has 2 saturated heterocycles. The minimum atomic E-state index is -0.524. The normalized spacial score (nSPS) is 30.6. The fourth-order valence-electron chi connectivity index (χ4n) is 3.53. The molecule has 0 aliphatic carbocycles. The Bertz CT molecular complexity index is 672. The Morgan fingerprint density at radius 2 is 2.12 bits per heavy atom. The van der Waals surface area contributed by atoms with Gasteiger partial charge in [0.05, 0.1) is 19.3 Å². The van der Waals surface area contributed by atoms with Crippen LogP contribution in [0.15, 0.2) is 21.9 Å². The summed E-state index contributed by atoms with van der Waals surface area (Å²) in [5.74, 6) is 0.190. The Labute approximate surface area is 159 Å². The second-order valence-electron chi connectivity index (χ2n) is 6.34. The largest absolute Gasteiger partial charge is 0.379 e. The van der Waals surface area contributed by atoms with Crippen molar-refractivity contribution in [2.24, 2.45) is 5.92 Å². The molecule has 140 valence electrons. The first-order valence-electron chi connectivity index (χ1n) is 8.50. The molecule has 0 radical (unpaired) electrons. The van der Waals surface area contributed by atoms with Crippen LogP contribution in [-0.2, 0) is 14.2 Å². The Kier molecular flexibility index (Phi) is 6.67. The van der Waals surface area contributed by atoms with Crippen LogP contribution < -0.4 is 11.2 Å². The minimum Gasteiger partial charge on any atom is -0.379 e. The van der Waals surface area contributed by atoms with E-state index in [0.717, 1.165) is 43.7 Å². The number of aromatic nitrogens is 2. The molecule has 0 amide bonds. The third-order valence-electron chi connectivity index (χ3n) is 4.90. The molecule has 2 fully saturated rings. The first-order chi connectivity index (χ1) is 12.1. The molecule has 2 aliphatic heterocycles. The molecule has 1 aromatic heterocycles. The van der Waals surface area contributed by atoms with Crippen molar-refractivity contribution in [2.45, 2.75) is 24.9 Å². The van der Waals surface area contributed by atoms with Gasteiger partial charge < -0.3 is 14.2 Å². The van der Waals surface area contributed by atoms with Gasteiger partial charge >= 0.3 is 5.69 Å². The topological polar surface area (TPSA) is 85.8 Å². The summed E-state index contributed by atoms with van der Waals surface area (Å²) >= 11 is 2.34. The van der Waals surface area contributed by atoms with E-state index in [1.807, 2.05) is 0 Å². The van der Waals surface area contributed by atoms with Crippen molar-refractivity contribution in [3.8, 4) is 0 Å². The summed E-state index contributed by atoms with van der Waals surface area (Å²) in [4.78, 5) is 28.1. The standard InChI is InChI=1S/C16H24IN3O5/c1-23-14-11(10-17)12(2-4-19-6-8-24-9-7-19)25-15(14)20-5-3-13(21)18-16(20)22/h3,5,11-12,14-15H,2,4,6-10H2,1H3,(H,18,21,22)/t11?,12-,14?,15-/m1/s1. The van der Waals surface area contributed by atoms with Crippen molar-refractivity contribution in [1.82, 2.24) is 14.5 Å². The van der Waals surface area contributed by atoms with E-state index in [1.165, 1.54) is 16.8 Å². The average Bonchev–Trinajstić information content (AvgIpc) is 2.98. The summed E-state index contributed by atoms with van der Waals surface area (Å²) in [5, 5.41) is 0. The van der Waals surface area contributed by atoms with Gasteiger partial charge in [-0.3, -0.25) is 19.2 Å². The number of halogens is 1. The number of alkyl halides is 1. The molecule has 1 N–H and O–H groups in total. The molecule has 0 spiro atoms. The Hall–Kier alpha value is -0.750. The Balaban J connectivity index is 1.73. The molecule has 25 heavy (non-hydrogen) atoms. The van der Waals surface area contributed by atoms with Gasteiger partial charge in [0.25, 0.3) is 5.56 Å². The predicted octanol–water partition coefficient (Wildman–Crippen LogP) is 0.223. The van der Waals surface area contributed by atoms with Gasteiger partial charge in [-0.2, -0.15) is 0 Å². The van der Waals surface area contributed by atoms with Gasteiger partial charge in [-0.15, -0.1) is 0 Å². The average molecular weight is 465 g/mol. The number of nitrogens with zero attached hydrogens (tertiary/aromatic N) is 2. The predicted molar refractivity (Wildman–Crippen MR) is 100 cm³/mol. The first kappa shape index (κ1) is 19.0. The van der Waals surface area contributed by atoms with Gasteiger partial charge in [-0.1, -0.05) is 22.6 Å².